The van der Waals surface area contributed by atoms with Crippen LogP contribution in [0.2, 0.25) is 0 Å². The Labute approximate surface area is 120 Å². The fourth-order valence-electron chi connectivity index (χ4n) is 2.21. The van der Waals surface area contributed by atoms with E-state index in [4.69, 9.17) is 16.0 Å². The first kappa shape index (κ1) is 16.5. The summed E-state index contributed by atoms with van der Waals surface area (Å²) in [6, 6.07) is 10.1. The zero-order valence-electron chi connectivity index (χ0n) is 12.2. The monoisotopic (exact) mass is 279 g/mol. The van der Waals surface area contributed by atoms with E-state index < -0.39 is 0 Å². The molecule has 0 amide bonds. The van der Waals surface area contributed by atoms with Gasteiger partial charge in [-0.15, -0.1) is 0 Å². The smallest absolute Gasteiger partial charge is 0.141 e. The van der Waals surface area contributed by atoms with Gasteiger partial charge in [0.1, 0.15) is 5.84 Å². The van der Waals surface area contributed by atoms with E-state index >= 15 is 0 Å². The van der Waals surface area contributed by atoms with Crippen molar-refractivity contribution in [1.29, 1.82) is 0 Å². The minimum absolute atomic E-state index is 0.0361. The van der Waals surface area contributed by atoms with Gasteiger partial charge in [-0.3, -0.25) is 0 Å². The quantitative estimate of drug-likeness (QED) is 0.253. The van der Waals surface area contributed by atoms with Gasteiger partial charge in [0.25, 0.3) is 0 Å². The number of amidine groups is 1. The van der Waals surface area contributed by atoms with Crippen LogP contribution in [-0.4, -0.2) is 28.8 Å². The first-order chi connectivity index (χ1) is 9.58. The van der Waals surface area contributed by atoms with Gasteiger partial charge in [-0.05, 0) is 17.9 Å². The van der Waals surface area contributed by atoms with Crippen LogP contribution in [0.1, 0.15) is 38.3 Å². The molecular formula is C15H25N3O2. The largest absolute Gasteiger partial charge is 0.409 e. The zero-order chi connectivity index (χ0) is 15.0. The number of nitrogens with one attached hydrogen (secondary N) is 1. The van der Waals surface area contributed by atoms with E-state index in [1.807, 2.05) is 30.3 Å². The van der Waals surface area contributed by atoms with Crippen LogP contribution in [0.5, 0.6) is 0 Å². The molecule has 0 spiro atoms. The molecule has 20 heavy (non-hydrogen) atoms. The molecule has 0 aromatic heterocycles. The lowest BCUT2D eigenvalue weighted by molar-refractivity contribution is 0.235. The first-order valence-electron chi connectivity index (χ1n) is 6.96. The summed E-state index contributed by atoms with van der Waals surface area (Å²) >= 11 is 0. The van der Waals surface area contributed by atoms with Crippen LogP contribution in [0.4, 0.5) is 0 Å². The molecule has 0 saturated heterocycles. The molecule has 1 rings (SSSR count). The summed E-state index contributed by atoms with van der Waals surface area (Å²) in [6.45, 7) is 4.36. The predicted octanol–water partition coefficient (Wildman–Crippen LogP) is 1.86. The molecule has 0 aliphatic carbocycles. The van der Waals surface area contributed by atoms with Crippen LogP contribution < -0.4 is 11.1 Å². The van der Waals surface area contributed by atoms with E-state index in [0.717, 1.165) is 5.56 Å². The standard InChI is InChI=1S/C15H25N3O2/c1-11(2)13(8-9-19)17-14(10-15(16)18-20)12-6-4-3-5-7-12/h3-7,11,13-14,17,19-20H,8-10H2,1-2H3,(H2,16,18). The van der Waals surface area contributed by atoms with Gasteiger partial charge in [-0.25, -0.2) is 0 Å². The third-order valence-electron chi connectivity index (χ3n) is 3.40. The molecule has 0 fully saturated rings. The second-order valence-corrected chi connectivity index (χ2v) is 5.29. The molecule has 1 aromatic rings. The summed E-state index contributed by atoms with van der Waals surface area (Å²) < 4.78 is 0. The summed E-state index contributed by atoms with van der Waals surface area (Å²) in [5.74, 6) is 0.582. The van der Waals surface area contributed by atoms with E-state index in [9.17, 15) is 0 Å². The van der Waals surface area contributed by atoms with Crippen molar-refractivity contribution in [2.24, 2.45) is 16.8 Å². The first-order valence-corrected chi connectivity index (χ1v) is 6.96. The zero-order valence-corrected chi connectivity index (χ0v) is 12.2. The molecule has 112 valence electrons. The highest BCUT2D eigenvalue weighted by Crippen LogP contribution is 2.20. The van der Waals surface area contributed by atoms with Crippen LogP contribution in [0.25, 0.3) is 0 Å². The summed E-state index contributed by atoms with van der Waals surface area (Å²) in [5.41, 5.74) is 6.73. The summed E-state index contributed by atoms with van der Waals surface area (Å²) in [7, 11) is 0. The summed E-state index contributed by atoms with van der Waals surface area (Å²) in [4.78, 5) is 0. The Balaban J connectivity index is 2.87. The average molecular weight is 279 g/mol. The molecule has 0 radical (unpaired) electrons. The molecule has 5 N–H and O–H groups in total. The van der Waals surface area contributed by atoms with E-state index in [1.165, 1.54) is 0 Å². The van der Waals surface area contributed by atoms with Gasteiger partial charge >= 0.3 is 0 Å². The Bertz CT molecular complexity index is 407. The van der Waals surface area contributed by atoms with Crippen molar-refractivity contribution < 1.29 is 10.3 Å². The highest BCUT2D eigenvalue weighted by Gasteiger charge is 2.20. The van der Waals surface area contributed by atoms with Crippen molar-refractivity contribution in [3.8, 4) is 0 Å². The number of rotatable bonds is 8. The van der Waals surface area contributed by atoms with Crippen molar-refractivity contribution in [3.05, 3.63) is 35.9 Å². The number of nitrogens with two attached hydrogens (primary N) is 1. The van der Waals surface area contributed by atoms with Gasteiger partial charge in [0.15, 0.2) is 0 Å². The van der Waals surface area contributed by atoms with E-state index in [1.54, 1.807) is 0 Å². The van der Waals surface area contributed by atoms with Crippen molar-refractivity contribution in [2.75, 3.05) is 6.61 Å². The summed E-state index contributed by atoms with van der Waals surface area (Å²) in [5, 5.41) is 24.5. The fourth-order valence-corrected chi connectivity index (χ4v) is 2.21. The van der Waals surface area contributed by atoms with Gasteiger partial charge in [0.2, 0.25) is 0 Å². The molecular weight excluding hydrogens is 254 g/mol. The minimum Gasteiger partial charge on any atom is -0.409 e. The fraction of sp³-hybridized carbons (Fsp3) is 0.533. The van der Waals surface area contributed by atoms with Crippen molar-refractivity contribution in [2.45, 2.75) is 38.8 Å². The van der Waals surface area contributed by atoms with Crippen LogP contribution in [0.3, 0.4) is 0 Å². The van der Waals surface area contributed by atoms with Gasteiger partial charge in [-0.1, -0.05) is 49.3 Å². The number of benzene rings is 1. The lowest BCUT2D eigenvalue weighted by Gasteiger charge is -2.28. The van der Waals surface area contributed by atoms with Crippen molar-refractivity contribution in [3.63, 3.8) is 0 Å². The lowest BCUT2D eigenvalue weighted by Crippen LogP contribution is -2.39. The van der Waals surface area contributed by atoms with Gasteiger partial charge in [0, 0.05) is 25.1 Å². The number of aliphatic hydroxyl groups is 1. The second kappa shape index (κ2) is 8.55. The Hall–Kier alpha value is -1.59. The van der Waals surface area contributed by atoms with E-state index in [2.05, 4.69) is 24.3 Å². The number of hydrogen-bond acceptors (Lipinski definition) is 4. The molecule has 0 aliphatic heterocycles. The Morgan fingerprint density at radius 3 is 2.45 bits per heavy atom. The molecule has 5 nitrogen and oxygen atoms in total. The molecule has 2 unspecified atom stereocenters. The third-order valence-corrected chi connectivity index (χ3v) is 3.40. The maximum absolute atomic E-state index is 9.17. The Kier molecular flexibility index (Phi) is 7.04. The minimum atomic E-state index is -0.0361. The maximum atomic E-state index is 9.17. The molecule has 0 heterocycles. The number of nitrogens with zero attached hydrogens (tertiary/aromatic N) is 1. The predicted molar refractivity (Wildman–Crippen MR) is 80.7 cm³/mol. The van der Waals surface area contributed by atoms with Crippen molar-refractivity contribution in [1.82, 2.24) is 5.32 Å². The third kappa shape index (κ3) is 5.19. The lowest BCUT2D eigenvalue weighted by atomic mass is 9.96. The topological polar surface area (TPSA) is 90.9 Å². The SMILES string of the molecule is CC(C)C(CCO)NC(C/C(N)=N/O)c1ccccc1. The van der Waals surface area contributed by atoms with Crippen LogP contribution in [0, 0.1) is 5.92 Å². The van der Waals surface area contributed by atoms with Crippen LogP contribution in [-0.2, 0) is 0 Å². The van der Waals surface area contributed by atoms with Crippen molar-refractivity contribution >= 4 is 5.84 Å². The average Bonchev–Trinajstić information content (AvgIpc) is 2.46. The number of oxime groups is 1. The van der Waals surface area contributed by atoms with E-state index in [0.29, 0.717) is 18.8 Å². The van der Waals surface area contributed by atoms with Gasteiger partial charge < -0.3 is 21.4 Å². The maximum Gasteiger partial charge on any atom is 0.141 e. The Morgan fingerprint density at radius 2 is 1.95 bits per heavy atom. The van der Waals surface area contributed by atoms with Crippen LogP contribution in [0.15, 0.2) is 35.5 Å². The second-order valence-electron chi connectivity index (χ2n) is 5.29. The molecule has 2 atom stereocenters. The van der Waals surface area contributed by atoms with E-state index in [-0.39, 0.29) is 24.5 Å². The normalized spacial score (nSPS) is 15.3. The summed E-state index contributed by atoms with van der Waals surface area (Å²) in [6.07, 6.45) is 1.10. The van der Waals surface area contributed by atoms with Crippen LogP contribution >= 0.6 is 0 Å². The molecule has 0 bridgehead atoms. The van der Waals surface area contributed by atoms with Gasteiger partial charge in [-0.2, -0.15) is 0 Å². The highest BCUT2D eigenvalue weighted by atomic mass is 16.4. The highest BCUT2D eigenvalue weighted by molar-refractivity contribution is 5.80. The molecule has 1 aromatic carbocycles. The number of hydrogen-bond donors (Lipinski definition) is 4. The molecule has 0 saturated carbocycles. The molecule has 5 heteroatoms. The molecule has 0 aliphatic rings. The Morgan fingerprint density at radius 1 is 1.30 bits per heavy atom. The van der Waals surface area contributed by atoms with Gasteiger partial charge in [0.05, 0.1) is 0 Å². The number of aliphatic hydroxyl groups excluding tert-OH is 1.